The average molecular weight is 140 g/mol. The Kier molecular flexibility index (Phi) is 0.981. The minimum atomic E-state index is -0.900. The lowest BCUT2D eigenvalue weighted by Crippen LogP contribution is -2.59. The SMILES string of the molecule is C[Si]1(C)C#C[Si]1(C)C. The van der Waals surface area contributed by atoms with Gasteiger partial charge in [-0.3, -0.25) is 0 Å². The van der Waals surface area contributed by atoms with Crippen LogP contribution in [-0.2, 0) is 0 Å². The molecule has 2 heteroatoms. The lowest BCUT2D eigenvalue weighted by molar-refractivity contribution is 1.81. The van der Waals surface area contributed by atoms with E-state index in [-0.39, 0.29) is 0 Å². The maximum Gasteiger partial charge on any atom is 0.137 e. The Morgan fingerprint density at radius 1 is 0.750 bits per heavy atom. The van der Waals surface area contributed by atoms with Crippen molar-refractivity contribution in [3.8, 4) is 11.1 Å². The van der Waals surface area contributed by atoms with Crippen LogP contribution in [-0.4, -0.2) is 15.2 Å². The lowest BCUT2D eigenvalue weighted by atomic mass is 11.4. The predicted molar refractivity (Wildman–Crippen MR) is 42.7 cm³/mol. The molecule has 0 fully saturated rings. The number of rotatable bonds is 0. The molecule has 0 amide bonds. The highest BCUT2D eigenvalue weighted by molar-refractivity contribution is 7.50. The minimum Gasteiger partial charge on any atom is -0.141 e. The molecule has 1 aliphatic rings. The normalized spacial score (nSPS) is 27.5. The summed E-state index contributed by atoms with van der Waals surface area (Å²) in [6.07, 6.45) is 0. The molecule has 0 aliphatic carbocycles. The highest BCUT2D eigenvalue weighted by atomic mass is 29.3. The van der Waals surface area contributed by atoms with Gasteiger partial charge >= 0.3 is 0 Å². The molecular formula is C6H12Si2. The van der Waals surface area contributed by atoms with Crippen molar-refractivity contribution in [2.75, 3.05) is 0 Å². The maximum absolute atomic E-state index is 3.33. The van der Waals surface area contributed by atoms with Crippen molar-refractivity contribution < 1.29 is 0 Å². The van der Waals surface area contributed by atoms with Crippen LogP contribution >= 0.6 is 0 Å². The fourth-order valence-corrected chi connectivity index (χ4v) is 5.06. The van der Waals surface area contributed by atoms with Gasteiger partial charge in [0.15, 0.2) is 0 Å². The predicted octanol–water partition coefficient (Wildman–Crippen LogP) is 1.58. The van der Waals surface area contributed by atoms with Gasteiger partial charge in [-0.2, -0.15) is 0 Å². The maximum atomic E-state index is 3.33. The minimum absolute atomic E-state index is 0.900. The van der Waals surface area contributed by atoms with E-state index in [2.05, 4.69) is 37.3 Å². The van der Waals surface area contributed by atoms with Crippen molar-refractivity contribution in [1.82, 2.24) is 0 Å². The van der Waals surface area contributed by atoms with Crippen LogP contribution in [0.1, 0.15) is 0 Å². The van der Waals surface area contributed by atoms with Gasteiger partial charge in [0.05, 0.1) is 0 Å². The van der Waals surface area contributed by atoms with Gasteiger partial charge in [0.2, 0.25) is 0 Å². The van der Waals surface area contributed by atoms with Crippen molar-refractivity contribution >= 4 is 15.2 Å². The van der Waals surface area contributed by atoms with E-state index in [9.17, 15) is 0 Å². The third kappa shape index (κ3) is 0.584. The molecule has 0 saturated heterocycles. The second-order valence-electron chi connectivity index (χ2n) is 3.50. The third-order valence-electron chi connectivity index (χ3n) is 2.25. The van der Waals surface area contributed by atoms with Gasteiger partial charge in [-0.05, 0) is 0 Å². The van der Waals surface area contributed by atoms with Crippen LogP contribution in [0.2, 0.25) is 26.2 Å². The first-order valence-electron chi connectivity index (χ1n) is 3.00. The first kappa shape index (κ1) is 6.12. The number of hydrogen-bond donors (Lipinski definition) is 0. The molecule has 0 N–H and O–H groups in total. The highest BCUT2D eigenvalue weighted by Crippen LogP contribution is 2.23. The molecule has 0 bridgehead atoms. The quantitative estimate of drug-likeness (QED) is 0.354. The van der Waals surface area contributed by atoms with E-state index in [0.29, 0.717) is 0 Å². The fraction of sp³-hybridized carbons (Fsp3) is 0.667. The zero-order valence-electron chi connectivity index (χ0n) is 6.00. The molecule has 44 valence electrons. The first-order chi connectivity index (χ1) is 3.46. The summed E-state index contributed by atoms with van der Waals surface area (Å²) in [4.78, 5) is 0. The summed E-state index contributed by atoms with van der Waals surface area (Å²) < 4.78 is 0. The monoisotopic (exact) mass is 140 g/mol. The lowest BCUT2D eigenvalue weighted by Gasteiger charge is -2.35. The van der Waals surface area contributed by atoms with Crippen LogP contribution in [0, 0.1) is 11.1 Å². The van der Waals surface area contributed by atoms with E-state index in [1.807, 2.05) is 0 Å². The zero-order valence-corrected chi connectivity index (χ0v) is 8.00. The zero-order chi connectivity index (χ0) is 6.41. The van der Waals surface area contributed by atoms with Crippen LogP contribution in [0.5, 0.6) is 0 Å². The Hall–Kier alpha value is -0.00623. The van der Waals surface area contributed by atoms with Gasteiger partial charge < -0.3 is 0 Å². The molecule has 1 heterocycles. The van der Waals surface area contributed by atoms with Crippen molar-refractivity contribution in [3.05, 3.63) is 0 Å². The smallest absolute Gasteiger partial charge is 0.137 e. The van der Waals surface area contributed by atoms with E-state index in [0.717, 1.165) is 0 Å². The van der Waals surface area contributed by atoms with Crippen molar-refractivity contribution in [2.24, 2.45) is 0 Å². The Morgan fingerprint density at radius 2 is 1.00 bits per heavy atom. The summed E-state index contributed by atoms with van der Waals surface area (Å²) in [5.74, 6) is 0. The standard InChI is InChI=1S/C6H12Si2/c1-7(2)5-6-8(7,3)4/h1-4H3. The third-order valence-corrected chi connectivity index (χ3v) is 17.2. The van der Waals surface area contributed by atoms with Gasteiger partial charge in [-0.25, -0.2) is 0 Å². The molecule has 0 radical (unpaired) electrons. The molecule has 8 heavy (non-hydrogen) atoms. The van der Waals surface area contributed by atoms with Gasteiger partial charge in [-0.15, -0.1) is 11.1 Å². The summed E-state index contributed by atoms with van der Waals surface area (Å²) >= 11 is 0. The summed E-state index contributed by atoms with van der Waals surface area (Å²) in [7, 11) is -1.80. The van der Waals surface area contributed by atoms with Gasteiger partial charge in [0.25, 0.3) is 0 Å². The molecule has 1 rings (SSSR count). The van der Waals surface area contributed by atoms with E-state index < -0.39 is 15.2 Å². The van der Waals surface area contributed by atoms with Crippen molar-refractivity contribution in [1.29, 1.82) is 0 Å². The van der Waals surface area contributed by atoms with E-state index >= 15 is 0 Å². The topological polar surface area (TPSA) is 0 Å². The Bertz CT molecular complexity index is 151. The molecule has 0 unspecified atom stereocenters. The van der Waals surface area contributed by atoms with Crippen molar-refractivity contribution in [3.63, 3.8) is 0 Å². The largest absolute Gasteiger partial charge is 0.141 e. The molecule has 0 aromatic carbocycles. The second kappa shape index (κ2) is 1.28. The molecule has 0 aromatic rings. The summed E-state index contributed by atoms with van der Waals surface area (Å²) in [5.41, 5.74) is 6.65. The Labute approximate surface area is 53.1 Å². The summed E-state index contributed by atoms with van der Waals surface area (Å²) in [6, 6.07) is 0. The van der Waals surface area contributed by atoms with Gasteiger partial charge in [0.1, 0.15) is 15.2 Å². The summed E-state index contributed by atoms with van der Waals surface area (Å²) in [5, 5.41) is 0. The van der Waals surface area contributed by atoms with Crippen LogP contribution in [0.4, 0.5) is 0 Å². The second-order valence-corrected chi connectivity index (χ2v) is 18.0. The van der Waals surface area contributed by atoms with E-state index in [1.165, 1.54) is 0 Å². The molecule has 0 atom stereocenters. The van der Waals surface area contributed by atoms with Crippen LogP contribution < -0.4 is 0 Å². The molecule has 0 saturated carbocycles. The summed E-state index contributed by atoms with van der Waals surface area (Å²) in [6.45, 7) is 9.54. The average Bonchev–Trinajstić information content (AvgIpc) is 1.64. The molecule has 1 aliphatic heterocycles. The number of hydrogen-bond acceptors (Lipinski definition) is 0. The molecule has 0 aromatic heterocycles. The first-order valence-corrected chi connectivity index (χ1v) is 10.0. The Balaban J connectivity index is 2.90. The Morgan fingerprint density at radius 3 is 1.00 bits per heavy atom. The van der Waals surface area contributed by atoms with Crippen LogP contribution in [0.25, 0.3) is 0 Å². The molecule has 0 nitrogen and oxygen atoms in total. The van der Waals surface area contributed by atoms with E-state index in [4.69, 9.17) is 0 Å². The van der Waals surface area contributed by atoms with Crippen molar-refractivity contribution in [2.45, 2.75) is 26.2 Å². The van der Waals surface area contributed by atoms with Gasteiger partial charge in [-0.1, -0.05) is 26.2 Å². The van der Waals surface area contributed by atoms with Gasteiger partial charge in [0, 0.05) is 0 Å². The fourth-order valence-electron chi connectivity index (χ4n) is 0.562. The van der Waals surface area contributed by atoms with E-state index in [1.54, 1.807) is 0 Å². The molecular weight excluding hydrogens is 128 g/mol. The van der Waals surface area contributed by atoms with Crippen LogP contribution in [0.15, 0.2) is 0 Å². The molecule has 0 spiro atoms. The highest BCUT2D eigenvalue weighted by Gasteiger charge is 2.44. The van der Waals surface area contributed by atoms with Crippen LogP contribution in [0.3, 0.4) is 0 Å².